The Morgan fingerprint density at radius 2 is 1.49 bits per heavy atom. The van der Waals surface area contributed by atoms with Gasteiger partial charge in [-0.1, -0.05) is 48.5 Å². The van der Waals surface area contributed by atoms with Crippen molar-refractivity contribution in [2.75, 3.05) is 13.1 Å². The van der Waals surface area contributed by atoms with E-state index >= 15 is 0 Å². The number of hydrogen-bond donors (Lipinski definition) is 2. The number of hydroxylamine groups is 1. The van der Waals surface area contributed by atoms with Crippen LogP contribution in [0.4, 0.5) is 4.79 Å². The molecular weight excluding hydrogens is 464 g/mol. The maximum atomic E-state index is 12.6. The van der Waals surface area contributed by atoms with Crippen LogP contribution in [0.1, 0.15) is 24.8 Å². The van der Waals surface area contributed by atoms with Gasteiger partial charge >= 0.3 is 6.09 Å². The van der Waals surface area contributed by atoms with Crippen LogP contribution in [0.25, 0.3) is 0 Å². The molecule has 0 atom stereocenters. The Kier molecular flexibility index (Phi) is 8.28. The summed E-state index contributed by atoms with van der Waals surface area (Å²) in [4.78, 5) is 27.3. The molecule has 2 amide bonds. The molecule has 1 saturated heterocycles. The van der Waals surface area contributed by atoms with Gasteiger partial charge in [0, 0.05) is 29.2 Å². The van der Waals surface area contributed by atoms with Crippen molar-refractivity contribution in [2.45, 2.75) is 35.5 Å². The number of nitrogens with zero attached hydrogens (tertiary/aromatic N) is 1. The Bertz CT molecular complexity index is 1100. The second kappa shape index (κ2) is 11.8. The highest BCUT2D eigenvalue weighted by atomic mass is 32.2. The number of carbonyl (C=O) groups excluding carboxylic acids is 2. The first-order chi connectivity index (χ1) is 17.0. The fraction of sp³-hybridized carbons (Fsp3) is 0.259. The molecule has 1 aliphatic heterocycles. The highest BCUT2D eigenvalue weighted by molar-refractivity contribution is 8.00. The van der Waals surface area contributed by atoms with Gasteiger partial charge in [-0.3, -0.25) is 10.0 Å². The number of hydrogen-bond acceptors (Lipinski definition) is 6. The molecule has 0 aliphatic carbocycles. The van der Waals surface area contributed by atoms with Crippen molar-refractivity contribution >= 4 is 23.8 Å². The summed E-state index contributed by atoms with van der Waals surface area (Å²) in [6, 6.07) is 26.8. The second-order valence-electron chi connectivity index (χ2n) is 8.41. The van der Waals surface area contributed by atoms with Crippen LogP contribution in [-0.4, -0.2) is 39.9 Å². The summed E-state index contributed by atoms with van der Waals surface area (Å²) in [5.74, 6) is 1.04. The van der Waals surface area contributed by atoms with Crippen LogP contribution in [0, 0.1) is 0 Å². The summed E-state index contributed by atoms with van der Waals surface area (Å²) in [6.07, 6.45) is 0.965. The molecule has 35 heavy (non-hydrogen) atoms. The maximum absolute atomic E-state index is 12.6. The van der Waals surface area contributed by atoms with Gasteiger partial charge in [0.25, 0.3) is 0 Å². The molecule has 1 heterocycles. The molecule has 3 aromatic carbocycles. The number of likely N-dealkylation sites (tertiary alicyclic amines) is 1. The zero-order valence-corrected chi connectivity index (χ0v) is 20.1. The molecule has 0 aromatic heterocycles. The summed E-state index contributed by atoms with van der Waals surface area (Å²) >= 11 is 1.59. The number of ether oxygens (including phenoxy) is 2. The van der Waals surface area contributed by atoms with Crippen molar-refractivity contribution in [1.82, 2.24) is 10.4 Å². The number of piperidine rings is 1. The highest BCUT2D eigenvalue weighted by Gasteiger charge is 2.39. The fourth-order valence-electron chi connectivity index (χ4n) is 4.00. The van der Waals surface area contributed by atoms with E-state index in [-0.39, 0.29) is 19.1 Å². The van der Waals surface area contributed by atoms with Crippen molar-refractivity contribution in [2.24, 2.45) is 0 Å². The lowest BCUT2D eigenvalue weighted by Crippen LogP contribution is -2.47. The van der Waals surface area contributed by atoms with Crippen LogP contribution in [0.2, 0.25) is 0 Å². The van der Waals surface area contributed by atoms with Gasteiger partial charge in [0.05, 0.1) is 0 Å². The maximum Gasteiger partial charge on any atom is 0.410 e. The van der Waals surface area contributed by atoms with Crippen molar-refractivity contribution in [3.63, 3.8) is 0 Å². The minimum atomic E-state index is -0.454. The van der Waals surface area contributed by atoms with Crippen LogP contribution in [0.15, 0.2) is 89.8 Å². The number of nitrogens with one attached hydrogen (secondary N) is 1. The molecule has 0 spiro atoms. The number of thioether (sulfide) groups is 1. The predicted octanol–water partition coefficient (Wildman–Crippen LogP) is 5.64. The number of benzene rings is 3. The van der Waals surface area contributed by atoms with Crippen molar-refractivity contribution in [3.8, 4) is 11.5 Å². The third-order valence-corrected chi connectivity index (χ3v) is 7.38. The molecule has 1 aliphatic rings. The fourth-order valence-corrected chi connectivity index (χ4v) is 5.37. The summed E-state index contributed by atoms with van der Waals surface area (Å²) in [5, 5.41) is 9.13. The van der Waals surface area contributed by atoms with Crippen LogP contribution < -0.4 is 10.2 Å². The van der Waals surface area contributed by atoms with E-state index in [1.54, 1.807) is 22.1 Å². The number of amides is 2. The molecular formula is C27H28N2O5S. The molecule has 3 aromatic rings. The minimum Gasteiger partial charge on any atom is -0.457 e. The van der Waals surface area contributed by atoms with Crippen LogP contribution in [0.3, 0.4) is 0 Å². The third kappa shape index (κ3) is 7.00. The Morgan fingerprint density at radius 3 is 2.11 bits per heavy atom. The quantitative estimate of drug-likeness (QED) is 0.313. The number of para-hydroxylation sites is 1. The molecule has 0 radical (unpaired) electrons. The van der Waals surface area contributed by atoms with Crippen LogP contribution >= 0.6 is 11.8 Å². The highest BCUT2D eigenvalue weighted by Crippen LogP contribution is 2.44. The van der Waals surface area contributed by atoms with Crippen LogP contribution in [-0.2, 0) is 16.1 Å². The van der Waals surface area contributed by atoms with Crippen molar-refractivity contribution in [1.29, 1.82) is 0 Å². The van der Waals surface area contributed by atoms with Gasteiger partial charge in [0.2, 0.25) is 5.91 Å². The van der Waals surface area contributed by atoms with E-state index in [0.717, 1.165) is 22.0 Å². The molecule has 1 fully saturated rings. The van der Waals surface area contributed by atoms with Gasteiger partial charge in [-0.05, 0) is 54.8 Å². The van der Waals surface area contributed by atoms with Crippen LogP contribution in [0.5, 0.6) is 11.5 Å². The van der Waals surface area contributed by atoms with Crippen molar-refractivity contribution in [3.05, 3.63) is 90.5 Å². The largest absolute Gasteiger partial charge is 0.457 e. The van der Waals surface area contributed by atoms with Gasteiger partial charge in [-0.15, -0.1) is 11.8 Å². The first-order valence-electron chi connectivity index (χ1n) is 11.5. The Hall–Kier alpha value is -3.49. The summed E-state index contributed by atoms with van der Waals surface area (Å²) < 4.78 is 10.9. The smallest absolute Gasteiger partial charge is 0.410 e. The summed E-state index contributed by atoms with van der Waals surface area (Å²) in [7, 11) is 0. The molecule has 7 nitrogen and oxygen atoms in total. The lowest BCUT2D eigenvalue weighted by Gasteiger charge is -2.40. The standard InChI is InChI=1S/C27H28N2O5S/c30-25(28-32)19-27(35-24-13-11-23(12-14-24)34-22-9-5-2-6-10-22)15-17-29(18-16-27)26(31)33-20-21-7-3-1-4-8-21/h1-14,32H,15-20H2,(H,28,30). The van der Waals surface area contributed by atoms with Gasteiger partial charge in [0.1, 0.15) is 18.1 Å². The van der Waals surface area contributed by atoms with E-state index in [0.29, 0.717) is 25.9 Å². The predicted molar refractivity (Wildman–Crippen MR) is 134 cm³/mol. The topological polar surface area (TPSA) is 88.1 Å². The van der Waals surface area contributed by atoms with E-state index in [1.807, 2.05) is 84.9 Å². The SMILES string of the molecule is O=C(CC1(Sc2ccc(Oc3ccccc3)cc2)CCN(C(=O)OCc2ccccc2)CC1)NO. The Morgan fingerprint density at radius 1 is 0.886 bits per heavy atom. The Balaban J connectivity index is 1.37. The number of carbonyl (C=O) groups is 2. The lowest BCUT2D eigenvalue weighted by molar-refractivity contribution is -0.130. The lowest BCUT2D eigenvalue weighted by atomic mass is 9.92. The summed E-state index contributed by atoms with van der Waals surface area (Å²) in [6.45, 7) is 1.16. The van der Waals surface area contributed by atoms with E-state index in [4.69, 9.17) is 14.7 Å². The zero-order chi connectivity index (χ0) is 24.5. The van der Waals surface area contributed by atoms with E-state index in [2.05, 4.69) is 0 Å². The average Bonchev–Trinajstić information content (AvgIpc) is 2.90. The van der Waals surface area contributed by atoms with Gasteiger partial charge in [0.15, 0.2) is 0 Å². The molecule has 0 unspecified atom stereocenters. The van der Waals surface area contributed by atoms with Gasteiger partial charge in [-0.25, -0.2) is 10.3 Å². The second-order valence-corrected chi connectivity index (χ2v) is 9.95. The third-order valence-electron chi connectivity index (χ3n) is 5.88. The molecule has 0 bridgehead atoms. The van der Waals surface area contributed by atoms with E-state index in [9.17, 15) is 9.59 Å². The zero-order valence-electron chi connectivity index (χ0n) is 19.3. The Labute approximate surface area is 209 Å². The first kappa shape index (κ1) is 24.6. The summed E-state index contributed by atoms with van der Waals surface area (Å²) in [5.41, 5.74) is 2.69. The van der Waals surface area contributed by atoms with Gasteiger partial charge < -0.3 is 14.4 Å². The van der Waals surface area contributed by atoms with E-state index < -0.39 is 10.7 Å². The van der Waals surface area contributed by atoms with Gasteiger partial charge in [-0.2, -0.15) is 0 Å². The average molecular weight is 493 g/mol. The normalized spacial score (nSPS) is 14.7. The molecule has 4 rings (SSSR count). The van der Waals surface area contributed by atoms with E-state index in [1.165, 1.54) is 0 Å². The molecule has 182 valence electrons. The minimum absolute atomic E-state index is 0.142. The first-order valence-corrected chi connectivity index (χ1v) is 12.3. The molecule has 2 N–H and O–H groups in total. The monoisotopic (exact) mass is 492 g/mol. The molecule has 8 heteroatoms. The molecule has 0 saturated carbocycles. The van der Waals surface area contributed by atoms with Crippen molar-refractivity contribution < 1.29 is 24.3 Å². The number of rotatable bonds is 8.